The average Bonchev–Trinajstić information content (AvgIpc) is 2.44. The number of carbonyl (C=O) groups is 3. The van der Waals surface area contributed by atoms with E-state index in [1.165, 1.54) is 0 Å². The van der Waals surface area contributed by atoms with Crippen LogP contribution in [0.15, 0.2) is 0 Å². The highest BCUT2D eigenvalue weighted by molar-refractivity contribution is 5.83. The summed E-state index contributed by atoms with van der Waals surface area (Å²) in [5, 5.41) is 20.0. The predicted octanol–water partition coefficient (Wildman–Crippen LogP) is 1.77. The Hall–Kier alpha value is -1.79. The summed E-state index contributed by atoms with van der Waals surface area (Å²) in [5.41, 5.74) is 0. The summed E-state index contributed by atoms with van der Waals surface area (Å²) in [6.45, 7) is 6.98. The topological polar surface area (TPSA) is 107 Å². The van der Waals surface area contributed by atoms with Gasteiger partial charge in [0.25, 0.3) is 0 Å². The maximum absolute atomic E-state index is 12.1. The van der Waals surface area contributed by atoms with Gasteiger partial charge in [-0.05, 0) is 19.3 Å². The van der Waals surface area contributed by atoms with Crippen LogP contribution in [0.2, 0.25) is 0 Å². The lowest BCUT2D eigenvalue weighted by Gasteiger charge is -2.27. The molecule has 0 rings (SSSR count). The van der Waals surface area contributed by atoms with Crippen molar-refractivity contribution in [2.24, 2.45) is 5.92 Å². The Morgan fingerprint density at radius 2 is 1.67 bits per heavy atom. The van der Waals surface area contributed by atoms with Crippen molar-refractivity contribution in [3.63, 3.8) is 0 Å². The van der Waals surface area contributed by atoms with E-state index < -0.39 is 24.0 Å². The summed E-state index contributed by atoms with van der Waals surface area (Å²) in [5.74, 6) is -1.93. The summed E-state index contributed by atoms with van der Waals surface area (Å²) in [6, 6.07) is -1.63. The van der Waals surface area contributed by atoms with E-state index >= 15 is 0 Å². The van der Waals surface area contributed by atoms with Crippen LogP contribution in [-0.4, -0.2) is 52.2 Å². The van der Waals surface area contributed by atoms with Gasteiger partial charge in [0.15, 0.2) is 0 Å². The molecule has 0 aliphatic heterocycles. The number of nitrogens with zero attached hydrogens (tertiary/aromatic N) is 1. The molecule has 7 heteroatoms. The summed E-state index contributed by atoms with van der Waals surface area (Å²) in [6.07, 6.45) is 1.47. The van der Waals surface area contributed by atoms with E-state index in [1.54, 1.807) is 4.90 Å². The number of carboxylic acid groups (broad SMARTS) is 2. The monoisotopic (exact) mass is 302 g/mol. The molecule has 1 atom stereocenters. The molecule has 0 aromatic carbocycles. The molecule has 0 spiro atoms. The minimum absolute atomic E-state index is 0.126. The van der Waals surface area contributed by atoms with Crippen LogP contribution in [0.5, 0.6) is 0 Å². The standard InChI is InChI=1S/C14H26N2O5/c1-4-10(5-2)9-16(6-3)14(21)15-11(13(19)20)7-8-12(17)18/h10-11H,4-9H2,1-3H3,(H,15,21)(H,17,18)(H,19,20). The van der Waals surface area contributed by atoms with Crippen LogP contribution in [-0.2, 0) is 9.59 Å². The lowest BCUT2D eigenvalue weighted by Crippen LogP contribution is -2.49. The molecule has 3 N–H and O–H groups in total. The van der Waals surface area contributed by atoms with Crippen molar-refractivity contribution in [3.8, 4) is 0 Å². The third kappa shape index (κ3) is 7.53. The van der Waals surface area contributed by atoms with Crippen molar-refractivity contribution in [3.05, 3.63) is 0 Å². The zero-order valence-corrected chi connectivity index (χ0v) is 13.0. The Morgan fingerprint density at radius 3 is 2.05 bits per heavy atom. The van der Waals surface area contributed by atoms with Crippen LogP contribution < -0.4 is 5.32 Å². The predicted molar refractivity (Wildman–Crippen MR) is 78.1 cm³/mol. The average molecular weight is 302 g/mol. The van der Waals surface area contributed by atoms with Gasteiger partial charge in [-0.25, -0.2) is 9.59 Å². The summed E-state index contributed by atoms with van der Waals surface area (Å²) in [4.78, 5) is 35.2. The molecular formula is C14H26N2O5. The molecule has 0 saturated carbocycles. The number of rotatable bonds is 10. The number of nitrogens with one attached hydrogen (secondary N) is 1. The van der Waals surface area contributed by atoms with Gasteiger partial charge in [-0.1, -0.05) is 26.7 Å². The van der Waals surface area contributed by atoms with E-state index in [4.69, 9.17) is 10.2 Å². The molecule has 0 bridgehead atoms. The van der Waals surface area contributed by atoms with Gasteiger partial charge in [0.2, 0.25) is 0 Å². The Morgan fingerprint density at radius 1 is 1.10 bits per heavy atom. The van der Waals surface area contributed by atoms with Gasteiger partial charge >= 0.3 is 18.0 Å². The molecule has 1 unspecified atom stereocenters. The minimum atomic E-state index is -1.22. The van der Waals surface area contributed by atoms with E-state index in [-0.39, 0.29) is 12.8 Å². The Balaban J connectivity index is 4.62. The molecule has 2 amide bonds. The molecule has 0 aromatic rings. The lowest BCUT2D eigenvalue weighted by atomic mass is 10.0. The van der Waals surface area contributed by atoms with Crippen molar-refractivity contribution in [2.75, 3.05) is 13.1 Å². The number of urea groups is 1. The Bertz CT molecular complexity index is 355. The molecule has 0 heterocycles. The van der Waals surface area contributed by atoms with Gasteiger partial charge < -0.3 is 20.4 Å². The van der Waals surface area contributed by atoms with Crippen molar-refractivity contribution in [1.82, 2.24) is 10.2 Å². The quantitative estimate of drug-likeness (QED) is 0.570. The third-order valence-corrected chi connectivity index (χ3v) is 3.54. The number of amides is 2. The van der Waals surface area contributed by atoms with Crippen molar-refractivity contribution >= 4 is 18.0 Å². The zero-order valence-electron chi connectivity index (χ0n) is 13.0. The maximum atomic E-state index is 12.1. The normalized spacial score (nSPS) is 12.0. The number of carboxylic acids is 2. The molecule has 0 radical (unpaired) electrons. The first-order valence-electron chi connectivity index (χ1n) is 7.35. The number of hydrogen-bond donors (Lipinski definition) is 3. The largest absolute Gasteiger partial charge is 0.481 e. The van der Waals surface area contributed by atoms with E-state index in [0.29, 0.717) is 19.0 Å². The third-order valence-electron chi connectivity index (χ3n) is 3.54. The van der Waals surface area contributed by atoms with Crippen LogP contribution in [0.1, 0.15) is 46.5 Å². The molecule has 7 nitrogen and oxygen atoms in total. The second-order valence-electron chi connectivity index (χ2n) is 4.99. The molecule has 0 aromatic heterocycles. The summed E-state index contributed by atoms with van der Waals surface area (Å²) >= 11 is 0. The molecule has 0 fully saturated rings. The van der Waals surface area contributed by atoms with E-state index in [9.17, 15) is 14.4 Å². The highest BCUT2D eigenvalue weighted by Gasteiger charge is 2.24. The van der Waals surface area contributed by atoms with Crippen LogP contribution >= 0.6 is 0 Å². The number of aliphatic carboxylic acids is 2. The van der Waals surface area contributed by atoms with Crippen LogP contribution in [0, 0.1) is 5.92 Å². The molecule has 0 aliphatic rings. The molecule has 122 valence electrons. The second kappa shape index (κ2) is 10.0. The fourth-order valence-electron chi connectivity index (χ4n) is 1.98. The summed E-state index contributed by atoms with van der Waals surface area (Å²) in [7, 11) is 0. The van der Waals surface area contributed by atoms with Crippen LogP contribution in [0.4, 0.5) is 4.79 Å². The van der Waals surface area contributed by atoms with Gasteiger partial charge in [0.05, 0.1) is 0 Å². The summed E-state index contributed by atoms with van der Waals surface area (Å²) < 4.78 is 0. The van der Waals surface area contributed by atoms with E-state index in [2.05, 4.69) is 5.32 Å². The maximum Gasteiger partial charge on any atom is 0.326 e. The first kappa shape index (κ1) is 19.2. The van der Waals surface area contributed by atoms with Gasteiger partial charge in [-0.2, -0.15) is 0 Å². The fourth-order valence-corrected chi connectivity index (χ4v) is 1.98. The Kier molecular flexibility index (Phi) is 9.16. The van der Waals surface area contributed by atoms with Gasteiger partial charge in [-0.15, -0.1) is 0 Å². The fraction of sp³-hybridized carbons (Fsp3) is 0.786. The lowest BCUT2D eigenvalue weighted by molar-refractivity contribution is -0.140. The van der Waals surface area contributed by atoms with Gasteiger partial charge in [0, 0.05) is 19.5 Å². The molecular weight excluding hydrogens is 276 g/mol. The second-order valence-corrected chi connectivity index (χ2v) is 4.99. The highest BCUT2D eigenvalue weighted by atomic mass is 16.4. The molecule has 21 heavy (non-hydrogen) atoms. The SMILES string of the molecule is CCC(CC)CN(CC)C(=O)NC(CCC(=O)O)C(=O)O. The first-order valence-corrected chi connectivity index (χ1v) is 7.35. The number of hydrogen-bond acceptors (Lipinski definition) is 3. The minimum Gasteiger partial charge on any atom is -0.481 e. The highest BCUT2D eigenvalue weighted by Crippen LogP contribution is 2.10. The molecule has 0 aliphatic carbocycles. The van der Waals surface area contributed by atoms with Crippen molar-refractivity contribution in [2.45, 2.75) is 52.5 Å². The first-order chi connectivity index (χ1) is 9.85. The van der Waals surface area contributed by atoms with E-state index in [1.807, 2.05) is 20.8 Å². The van der Waals surface area contributed by atoms with Crippen molar-refractivity contribution in [1.29, 1.82) is 0 Å². The van der Waals surface area contributed by atoms with Crippen LogP contribution in [0.25, 0.3) is 0 Å². The van der Waals surface area contributed by atoms with Crippen molar-refractivity contribution < 1.29 is 24.6 Å². The zero-order chi connectivity index (χ0) is 16.4. The van der Waals surface area contributed by atoms with Crippen LogP contribution in [0.3, 0.4) is 0 Å². The van der Waals surface area contributed by atoms with Gasteiger partial charge in [0.1, 0.15) is 6.04 Å². The van der Waals surface area contributed by atoms with Gasteiger partial charge in [-0.3, -0.25) is 4.79 Å². The molecule has 0 saturated heterocycles. The number of carbonyl (C=O) groups excluding carboxylic acids is 1. The smallest absolute Gasteiger partial charge is 0.326 e. The Labute approximate surface area is 125 Å². The van der Waals surface area contributed by atoms with E-state index in [0.717, 1.165) is 12.8 Å².